The van der Waals surface area contributed by atoms with Gasteiger partial charge in [0.15, 0.2) is 11.5 Å². The molecule has 200 valence electrons. The van der Waals surface area contributed by atoms with Crippen LogP contribution in [0.1, 0.15) is 49.1 Å². The van der Waals surface area contributed by atoms with Crippen LogP contribution in [0.15, 0.2) is 60.7 Å². The molecular formula is C31H37N3O4. The maximum Gasteiger partial charge on any atom is 0.251 e. The number of ether oxygens (including phenoxy) is 2. The van der Waals surface area contributed by atoms with Crippen molar-refractivity contribution in [1.29, 1.82) is 0 Å². The number of carbonyl (C=O) groups excluding carboxylic acids is 2. The van der Waals surface area contributed by atoms with Crippen LogP contribution in [0.4, 0.5) is 5.69 Å². The van der Waals surface area contributed by atoms with Gasteiger partial charge in [0, 0.05) is 19.2 Å². The number of hydrogen-bond acceptors (Lipinski definition) is 5. The van der Waals surface area contributed by atoms with Gasteiger partial charge in [-0.2, -0.15) is 0 Å². The zero-order chi connectivity index (χ0) is 26.7. The summed E-state index contributed by atoms with van der Waals surface area (Å²) in [6.07, 6.45) is 3.37. The summed E-state index contributed by atoms with van der Waals surface area (Å²) in [6, 6.07) is 19.5. The van der Waals surface area contributed by atoms with Crippen molar-refractivity contribution in [2.45, 2.75) is 38.0 Å². The van der Waals surface area contributed by atoms with Crippen molar-refractivity contribution >= 4 is 17.5 Å². The number of anilines is 1. The minimum absolute atomic E-state index is 0. The summed E-state index contributed by atoms with van der Waals surface area (Å²) >= 11 is 0. The monoisotopic (exact) mass is 515 g/mol. The number of nitrogens with zero attached hydrogens (tertiary/aromatic N) is 1. The van der Waals surface area contributed by atoms with Crippen molar-refractivity contribution in [2.24, 2.45) is 0 Å². The van der Waals surface area contributed by atoms with Gasteiger partial charge in [-0.25, -0.2) is 0 Å². The Morgan fingerprint density at radius 1 is 0.974 bits per heavy atom. The van der Waals surface area contributed by atoms with Crippen molar-refractivity contribution in [2.75, 3.05) is 39.3 Å². The zero-order valence-corrected chi connectivity index (χ0v) is 22.3. The molecule has 1 saturated carbocycles. The van der Waals surface area contributed by atoms with Crippen LogP contribution < -0.4 is 20.1 Å². The fourth-order valence-corrected chi connectivity index (χ4v) is 4.95. The molecule has 2 aliphatic rings. The van der Waals surface area contributed by atoms with Crippen molar-refractivity contribution in [1.82, 2.24) is 10.2 Å². The highest BCUT2D eigenvalue weighted by molar-refractivity contribution is 6.02. The predicted octanol–water partition coefficient (Wildman–Crippen LogP) is 5.24. The molecule has 3 aromatic carbocycles. The summed E-state index contributed by atoms with van der Waals surface area (Å²) in [6.45, 7) is 3.91. The molecule has 0 bridgehead atoms. The van der Waals surface area contributed by atoms with Gasteiger partial charge in [0.1, 0.15) is 0 Å². The molecule has 1 heterocycles. The van der Waals surface area contributed by atoms with Crippen LogP contribution in [0.3, 0.4) is 0 Å². The van der Waals surface area contributed by atoms with Gasteiger partial charge in [0.25, 0.3) is 5.91 Å². The number of benzene rings is 3. The van der Waals surface area contributed by atoms with E-state index in [4.69, 9.17) is 9.47 Å². The van der Waals surface area contributed by atoms with Gasteiger partial charge >= 0.3 is 0 Å². The molecule has 5 rings (SSSR count). The quantitative estimate of drug-likeness (QED) is 0.361. The number of nitrogens with one attached hydrogen (secondary N) is 2. The van der Waals surface area contributed by atoms with Crippen molar-refractivity contribution in [3.8, 4) is 22.6 Å². The molecule has 0 radical (unpaired) electrons. The molecule has 0 atom stereocenters. The first kappa shape index (κ1) is 25.8. The summed E-state index contributed by atoms with van der Waals surface area (Å²) in [7, 11) is 4.05. The SMILES string of the molecule is CCc1ccc(NC(=O)C2(c3ccc4c(c3)OCO4)CC2)cc1-c1ccc(C(=O)NCCCN(C)C)cc1.[HH]. The minimum atomic E-state index is -0.536. The van der Waals surface area contributed by atoms with Crippen LogP contribution in [0.5, 0.6) is 11.5 Å². The first-order chi connectivity index (χ1) is 18.4. The normalized spacial score (nSPS) is 14.8. The van der Waals surface area contributed by atoms with Crippen molar-refractivity contribution < 1.29 is 20.5 Å². The number of hydrogen-bond donors (Lipinski definition) is 2. The molecule has 3 aromatic rings. The van der Waals surface area contributed by atoms with E-state index in [1.807, 2.05) is 68.7 Å². The van der Waals surface area contributed by atoms with E-state index in [1.54, 1.807) is 0 Å². The van der Waals surface area contributed by atoms with E-state index in [-0.39, 0.29) is 20.0 Å². The third-order valence-electron chi connectivity index (χ3n) is 7.38. The Labute approximate surface area is 225 Å². The summed E-state index contributed by atoms with van der Waals surface area (Å²) in [5.41, 5.74) is 5.07. The number of carbonyl (C=O) groups is 2. The molecule has 7 nitrogen and oxygen atoms in total. The Bertz CT molecular complexity index is 1340. The van der Waals surface area contributed by atoms with Crippen LogP contribution in [-0.2, 0) is 16.6 Å². The highest BCUT2D eigenvalue weighted by Gasteiger charge is 2.51. The lowest BCUT2D eigenvalue weighted by Gasteiger charge is -2.18. The fraction of sp³-hybridized carbons (Fsp3) is 0.355. The fourth-order valence-electron chi connectivity index (χ4n) is 4.95. The van der Waals surface area contributed by atoms with Gasteiger partial charge in [-0.3, -0.25) is 9.59 Å². The summed E-state index contributed by atoms with van der Waals surface area (Å²) in [4.78, 5) is 28.1. The van der Waals surface area contributed by atoms with E-state index in [9.17, 15) is 9.59 Å². The molecule has 2 N–H and O–H groups in total. The van der Waals surface area contributed by atoms with E-state index in [0.717, 1.165) is 60.4 Å². The van der Waals surface area contributed by atoms with Crippen molar-refractivity contribution in [3.63, 3.8) is 0 Å². The average molecular weight is 516 g/mol. The number of rotatable bonds is 10. The van der Waals surface area contributed by atoms with Gasteiger partial charge in [-0.1, -0.05) is 31.2 Å². The Kier molecular flexibility index (Phi) is 7.38. The second-order valence-corrected chi connectivity index (χ2v) is 10.3. The lowest BCUT2D eigenvalue weighted by Crippen LogP contribution is -2.27. The predicted molar refractivity (Wildman–Crippen MR) is 151 cm³/mol. The Morgan fingerprint density at radius 2 is 1.74 bits per heavy atom. The van der Waals surface area contributed by atoms with Crippen LogP contribution >= 0.6 is 0 Å². The van der Waals surface area contributed by atoms with Gasteiger partial charge in [0.2, 0.25) is 12.7 Å². The van der Waals surface area contributed by atoms with Gasteiger partial charge in [0.05, 0.1) is 5.41 Å². The second kappa shape index (κ2) is 10.9. The second-order valence-electron chi connectivity index (χ2n) is 10.3. The van der Waals surface area contributed by atoms with Crippen LogP contribution in [-0.4, -0.2) is 50.7 Å². The maximum absolute atomic E-state index is 13.4. The van der Waals surface area contributed by atoms with Crippen molar-refractivity contribution in [3.05, 3.63) is 77.4 Å². The lowest BCUT2D eigenvalue weighted by molar-refractivity contribution is -0.118. The molecule has 2 amide bonds. The highest BCUT2D eigenvalue weighted by atomic mass is 16.7. The molecular weight excluding hydrogens is 478 g/mol. The van der Waals surface area contributed by atoms with Gasteiger partial charge < -0.3 is 25.0 Å². The van der Waals surface area contributed by atoms with Crippen LogP contribution in [0, 0.1) is 0 Å². The first-order valence-electron chi connectivity index (χ1n) is 13.3. The zero-order valence-electron chi connectivity index (χ0n) is 22.3. The summed E-state index contributed by atoms with van der Waals surface area (Å²) in [5, 5.41) is 6.15. The number of aryl methyl sites for hydroxylation is 1. The van der Waals surface area contributed by atoms with E-state index < -0.39 is 5.41 Å². The highest BCUT2D eigenvalue weighted by Crippen LogP contribution is 2.51. The third-order valence-corrected chi connectivity index (χ3v) is 7.38. The Hall–Kier alpha value is -3.84. The molecule has 1 aliphatic heterocycles. The van der Waals surface area contributed by atoms with E-state index in [0.29, 0.717) is 17.9 Å². The van der Waals surface area contributed by atoms with Crippen LogP contribution in [0.25, 0.3) is 11.1 Å². The largest absolute Gasteiger partial charge is 0.454 e. The number of amides is 2. The molecule has 1 fully saturated rings. The minimum Gasteiger partial charge on any atom is -0.454 e. The van der Waals surface area contributed by atoms with E-state index >= 15 is 0 Å². The topological polar surface area (TPSA) is 79.9 Å². The number of fused-ring (bicyclic) bond motifs is 1. The first-order valence-corrected chi connectivity index (χ1v) is 13.3. The lowest BCUT2D eigenvalue weighted by atomic mass is 9.93. The van der Waals surface area contributed by atoms with Gasteiger partial charge in [-0.15, -0.1) is 0 Å². The Morgan fingerprint density at radius 3 is 2.45 bits per heavy atom. The van der Waals surface area contributed by atoms with Crippen LogP contribution in [0.2, 0.25) is 0 Å². The maximum atomic E-state index is 13.4. The smallest absolute Gasteiger partial charge is 0.251 e. The molecule has 0 spiro atoms. The Balaban J connectivity index is 0.00000353. The summed E-state index contributed by atoms with van der Waals surface area (Å²) in [5.74, 6) is 1.34. The van der Waals surface area contributed by atoms with Gasteiger partial charge in [-0.05, 0) is 105 Å². The molecule has 7 heteroatoms. The summed E-state index contributed by atoms with van der Waals surface area (Å²) < 4.78 is 10.9. The molecule has 0 saturated heterocycles. The molecule has 0 unspecified atom stereocenters. The van der Waals surface area contributed by atoms with E-state index in [2.05, 4.69) is 28.5 Å². The third kappa shape index (κ3) is 5.38. The molecule has 1 aliphatic carbocycles. The average Bonchev–Trinajstić information content (AvgIpc) is 3.61. The molecule has 38 heavy (non-hydrogen) atoms. The molecule has 0 aromatic heterocycles. The standard InChI is InChI=1S/C31H35N3O4.H2/c1-4-21-10-12-25(33-30(36)31(14-15-31)24-11-13-27-28(18-24)38-20-37-27)19-26(21)22-6-8-23(9-7-22)29(35)32-16-5-17-34(2)3;/h6-13,18-19H,4-5,14-17,20H2,1-3H3,(H,32,35)(H,33,36);1H. The van der Waals surface area contributed by atoms with E-state index in [1.165, 1.54) is 5.56 Å².